The van der Waals surface area contributed by atoms with Gasteiger partial charge in [-0.15, -0.1) is 0 Å². The molecule has 2 N–H and O–H groups in total. The number of likely N-dealkylation sites (N-methyl/N-ethyl adjacent to an activating group) is 1. The van der Waals surface area contributed by atoms with Gasteiger partial charge in [0, 0.05) is 38.8 Å². The van der Waals surface area contributed by atoms with Crippen LogP contribution in [0, 0.1) is 0 Å². The molecule has 2 saturated heterocycles. The number of amides is 1. The van der Waals surface area contributed by atoms with Gasteiger partial charge in [0.15, 0.2) is 0 Å². The van der Waals surface area contributed by atoms with Crippen molar-refractivity contribution in [1.29, 1.82) is 0 Å². The van der Waals surface area contributed by atoms with Crippen LogP contribution >= 0.6 is 0 Å². The van der Waals surface area contributed by atoms with Crippen molar-refractivity contribution in [2.24, 2.45) is 0 Å². The highest BCUT2D eigenvalue weighted by Gasteiger charge is 2.23. The summed E-state index contributed by atoms with van der Waals surface area (Å²) in [5.41, 5.74) is 0. The van der Waals surface area contributed by atoms with E-state index in [9.17, 15) is 4.79 Å². The first-order chi connectivity index (χ1) is 9.16. The molecule has 2 aliphatic heterocycles. The normalized spacial score (nSPS) is 28.0. The molecule has 0 spiro atoms. The molecule has 5 nitrogen and oxygen atoms in total. The lowest BCUT2D eigenvalue weighted by Crippen LogP contribution is -2.53. The van der Waals surface area contributed by atoms with Crippen molar-refractivity contribution in [2.75, 3.05) is 46.3 Å². The molecule has 2 aliphatic rings. The third-order valence-corrected chi connectivity index (χ3v) is 4.36. The van der Waals surface area contributed by atoms with Gasteiger partial charge in [0.25, 0.3) is 0 Å². The third-order valence-electron chi connectivity index (χ3n) is 4.36. The highest BCUT2D eigenvalue weighted by atomic mass is 16.2. The molecule has 0 aromatic heterocycles. The van der Waals surface area contributed by atoms with Crippen LogP contribution in [0.3, 0.4) is 0 Å². The number of carbonyl (C=O) groups excluding carboxylic acids is 1. The number of nitrogens with one attached hydrogen (secondary N) is 2. The summed E-state index contributed by atoms with van der Waals surface area (Å²) in [6.45, 7) is 8.42. The Morgan fingerprint density at radius 1 is 1.32 bits per heavy atom. The lowest BCUT2D eigenvalue weighted by Gasteiger charge is -2.36. The standard InChI is InChI=1S/C14H28N4O/c1-12(18-9-7-17(2)8-10-18)11-16-14(19)13-5-3-4-6-15-13/h12-13,15H,3-11H2,1-2H3,(H,16,19)/t12?,13-/m1/s1. The zero-order valence-electron chi connectivity index (χ0n) is 12.3. The molecule has 5 heteroatoms. The van der Waals surface area contributed by atoms with E-state index in [1.165, 1.54) is 12.8 Å². The second kappa shape index (κ2) is 7.22. The van der Waals surface area contributed by atoms with E-state index in [2.05, 4.69) is 34.4 Å². The predicted molar refractivity (Wildman–Crippen MR) is 77.2 cm³/mol. The molecule has 0 bridgehead atoms. The summed E-state index contributed by atoms with van der Waals surface area (Å²) >= 11 is 0. The summed E-state index contributed by atoms with van der Waals surface area (Å²) in [5, 5.41) is 6.40. The monoisotopic (exact) mass is 268 g/mol. The molecule has 1 amide bonds. The molecule has 2 atom stereocenters. The third kappa shape index (κ3) is 4.44. The molecule has 2 heterocycles. The molecule has 110 valence electrons. The first kappa shape index (κ1) is 14.8. The average Bonchev–Trinajstić information content (AvgIpc) is 2.46. The van der Waals surface area contributed by atoms with Gasteiger partial charge in [-0.3, -0.25) is 9.69 Å². The maximum absolute atomic E-state index is 12.0. The molecule has 0 radical (unpaired) electrons. The summed E-state index contributed by atoms with van der Waals surface area (Å²) in [7, 11) is 2.17. The van der Waals surface area contributed by atoms with Gasteiger partial charge in [-0.25, -0.2) is 0 Å². The Labute approximate surface area is 116 Å². The van der Waals surface area contributed by atoms with E-state index in [0.29, 0.717) is 6.04 Å². The highest BCUT2D eigenvalue weighted by molar-refractivity contribution is 5.81. The minimum absolute atomic E-state index is 0.0356. The fraction of sp³-hybridized carbons (Fsp3) is 0.929. The van der Waals surface area contributed by atoms with Crippen LogP contribution < -0.4 is 10.6 Å². The van der Waals surface area contributed by atoms with E-state index >= 15 is 0 Å². The lowest BCUT2D eigenvalue weighted by molar-refractivity contribution is -0.123. The quantitative estimate of drug-likeness (QED) is 0.746. The van der Waals surface area contributed by atoms with E-state index in [0.717, 1.165) is 45.7 Å². The Balaban J connectivity index is 1.67. The molecule has 0 saturated carbocycles. The summed E-state index contributed by atoms with van der Waals surface area (Å²) in [6.07, 6.45) is 3.34. The van der Waals surface area contributed by atoms with Gasteiger partial charge in [-0.2, -0.15) is 0 Å². The molecular formula is C14H28N4O. The Bertz CT molecular complexity index is 283. The van der Waals surface area contributed by atoms with Crippen LogP contribution in [-0.2, 0) is 4.79 Å². The van der Waals surface area contributed by atoms with Crippen LogP contribution in [0.2, 0.25) is 0 Å². The Kier molecular flexibility index (Phi) is 5.60. The van der Waals surface area contributed by atoms with Gasteiger partial charge >= 0.3 is 0 Å². The van der Waals surface area contributed by atoms with E-state index in [1.54, 1.807) is 0 Å². The summed E-state index contributed by atoms with van der Waals surface area (Å²) in [6, 6.07) is 0.467. The maximum Gasteiger partial charge on any atom is 0.237 e. The van der Waals surface area contributed by atoms with Crippen molar-refractivity contribution in [3.05, 3.63) is 0 Å². The smallest absolute Gasteiger partial charge is 0.237 e. The van der Waals surface area contributed by atoms with Crippen molar-refractivity contribution < 1.29 is 4.79 Å². The number of piperidine rings is 1. The Morgan fingerprint density at radius 2 is 2.05 bits per heavy atom. The van der Waals surface area contributed by atoms with E-state index < -0.39 is 0 Å². The van der Waals surface area contributed by atoms with Crippen LogP contribution in [-0.4, -0.2) is 74.1 Å². The predicted octanol–water partition coefficient (Wildman–Crippen LogP) is -0.119. The number of hydrogen-bond donors (Lipinski definition) is 2. The lowest BCUT2D eigenvalue weighted by atomic mass is 10.0. The second-order valence-electron chi connectivity index (χ2n) is 5.94. The summed E-state index contributed by atoms with van der Waals surface area (Å²) < 4.78 is 0. The fourth-order valence-electron chi connectivity index (χ4n) is 2.84. The molecule has 2 fully saturated rings. The molecule has 0 aromatic rings. The maximum atomic E-state index is 12.0. The summed E-state index contributed by atoms with van der Waals surface area (Å²) in [4.78, 5) is 16.9. The highest BCUT2D eigenvalue weighted by Crippen LogP contribution is 2.07. The van der Waals surface area contributed by atoms with Gasteiger partial charge in [0.2, 0.25) is 5.91 Å². The fourth-order valence-corrected chi connectivity index (χ4v) is 2.84. The van der Waals surface area contributed by atoms with Gasteiger partial charge in [-0.1, -0.05) is 6.42 Å². The van der Waals surface area contributed by atoms with Crippen molar-refractivity contribution in [1.82, 2.24) is 20.4 Å². The molecule has 1 unspecified atom stereocenters. The van der Waals surface area contributed by atoms with Crippen LogP contribution in [0.15, 0.2) is 0 Å². The Morgan fingerprint density at radius 3 is 2.68 bits per heavy atom. The van der Waals surface area contributed by atoms with Crippen LogP contribution in [0.5, 0.6) is 0 Å². The average molecular weight is 268 g/mol. The topological polar surface area (TPSA) is 47.6 Å². The van der Waals surface area contributed by atoms with Crippen molar-refractivity contribution in [3.8, 4) is 0 Å². The minimum atomic E-state index is 0.0356. The molecule has 0 aromatic carbocycles. The van der Waals surface area contributed by atoms with Crippen molar-refractivity contribution >= 4 is 5.91 Å². The second-order valence-corrected chi connectivity index (χ2v) is 5.94. The molecule has 0 aliphatic carbocycles. The van der Waals surface area contributed by atoms with Gasteiger partial charge in [-0.05, 0) is 33.4 Å². The van der Waals surface area contributed by atoms with E-state index in [4.69, 9.17) is 0 Å². The van der Waals surface area contributed by atoms with Crippen molar-refractivity contribution in [3.63, 3.8) is 0 Å². The molecular weight excluding hydrogens is 240 g/mol. The molecule has 2 rings (SSSR count). The van der Waals surface area contributed by atoms with Gasteiger partial charge in [0.05, 0.1) is 6.04 Å². The van der Waals surface area contributed by atoms with Gasteiger partial charge in [0.1, 0.15) is 0 Å². The van der Waals surface area contributed by atoms with Crippen LogP contribution in [0.1, 0.15) is 26.2 Å². The number of hydrogen-bond acceptors (Lipinski definition) is 4. The number of carbonyl (C=O) groups is 1. The molecule has 19 heavy (non-hydrogen) atoms. The first-order valence-electron chi connectivity index (χ1n) is 7.60. The van der Waals surface area contributed by atoms with E-state index in [-0.39, 0.29) is 11.9 Å². The minimum Gasteiger partial charge on any atom is -0.353 e. The SMILES string of the molecule is CC(CNC(=O)[C@H]1CCCCN1)N1CCN(C)CC1. The zero-order chi connectivity index (χ0) is 13.7. The number of nitrogens with zero attached hydrogens (tertiary/aromatic N) is 2. The van der Waals surface area contributed by atoms with E-state index in [1.807, 2.05) is 0 Å². The van der Waals surface area contributed by atoms with Crippen LogP contribution in [0.4, 0.5) is 0 Å². The van der Waals surface area contributed by atoms with Gasteiger partial charge < -0.3 is 15.5 Å². The van der Waals surface area contributed by atoms with Crippen molar-refractivity contribution in [2.45, 2.75) is 38.3 Å². The zero-order valence-corrected chi connectivity index (χ0v) is 12.3. The summed E-state index contributed by atoms with van der Waals surface area (Å²) in [5.74, 6) is 0.181. The van der Waals surface area contributed by atoms with Crippen LogP contribution in [0.25, 0.3) is 0 Å². The largest absolute Gasteiger partial charge is 0.353 e. The Hall–Kier alpha value is -0.650. The first-order valence-corrected chi connectivity index (χ1v) is 7.60. The number of rotatable bonds is 4. The number of piperazine rings is 1.